The molecule has 4 aromatic heterocycles. The van der Waals surface area contributed by atoms with Gasteiger partial charge in [-0.15, -0.1) is 0 Å². The molecule has 0 aliphatic carbocycles. The predicted octanol–water partition coefficient (Wildman–Crippen LogP) is 0.866. The molecule has 8 N–H and O–H groups in total. The van der Waals surface area contributed by atoms with Crippen LogP contribution in [0.1, 0.15) is 68.1 Å². The number of hydrogen-bond donors (Lipinski definition) is 7. The van der Waals surface area contributed by atoms with Crippen LogP contribution in [0, 0.1) is 0 Å². The minimum atomic E-state index is -1.22. The number of nitrogens with two attached hydrogens (primary N) is 1. The lowest BCUT2D eigenvalue weighted by Gasteiger charge is -2.08. The molecule has 20 nitrogen and oxygen atoms in total. The van der Waals surface area contributed by atoms with Crippen LogP contribution in [0.3, 0.4) is 0 Å². The van der Waals surface area contributed by atoms with E-state index in [4.69, 9.17) is 25.8 Å². The Hall–Kier alpha value is -7.35. The largest absolute Gasteiger partial charge is 0.477 e. The van der Waals surface area contributed by atoms with Gasteiger partial charge in [0, 0.05) is 73.9 Å². The van der Waals surface area contributed by atoms with Crippen molar-refractivity contribution in [3.63, 3.8) is 0 Å². The SMILES string of the molecule is COC(=O)c1ccnc(C(=O)O)c1.NCCNC(=O)c1ccnc(C(=O)O)c1.O=C(NCCNC(=O)c1ccnc(C(=O)O)c1)OCc1cccnc1. The van der Waals surface area contributed by atoms with Crippen LogP contribution in [0.4, 0.5) is 4.79 Å². The molecule has 0 saturated carbocycles. The number of carboxylic acid groups (broad SMARTS) is 3. The van der Waals surface area contributed by atoms with Crippen molar-refractivity contribution in [2.45, 2.75) is 6.61 Å². The number of nitrogens with one attached hydrogen (secondary N) is 3. The van der Waals surface area contributed by atoms with Gasteiger partial charge < -0.3 is 46.5 Å². The fourth-order valence-corrected chi connectivity index (χ4v) is 3.58. The smallest absolute Gasteiger partial charge is 0.407 e. The average Bonchev–Trinajstić information content (AvgIpc) is 3.18. The molecule has 0 atom stereocenters. The number of aromatic carboxylic acids is 3. The van der Waals surface area contributed by atoms with E-state index in [0.29, 0.717) is 13.1 Å². The fourth-order valence-electron chi connectivity index (χ4n) is 3.58. The molecule has 278 valence electrons. The van der Waals surface area contributed by atoms with Gasteiger partial charge in [0.05, 0.1) is 12.7 Å². The van der Waals surface area contributed by atoms with Crippen LogP contribution in [0.2, 0.25) is 0 Å². The molecular formula is C33H34N8O12. The third-order valence-corrected chi connectivity index (χ3v) is 6.09. The number of carboxylic acids is 3. The Labute approximate surface area is 300 Å². The summed E-state index contributed by atoms with van der Waals surface area (Å²) in [6, 6.07) is 11.3. The first kappa shape index (κ1) is 41.8. The van der Waals surface area contributed by atoms with Crippen molar-refractivity contribution < 1.29 is 58.4 Å². The van der Waals surface area contributed by atoms with E-state index in [2.05, 4.69) is 40.6 Å². The van der Waals surface area contributed by atoms with Crippen molar-refractivity contribution in [2.75, 3.05) is 33.3 Å². The van der Waals surface area contributed by atoms with E-state index in [1.165, 1.54) is 56.0 Å². The number of methoxy groups -OCH3 is 1. The quantitative estimate of drug-likeness (QED) is 0.0740. The molecule has 0 fully saturated rings. The number of pyridine rings is 4. The number of aromatic nitrogens is 4. The van der Waals surface area contributed by atoms with Crippen LogP contribution in [0.25, 0.3) is 0 Å². The summed E-state index contributed by atoms with van der Waals surface area (Å²) in [5, 5.41) is 33.6. The summed E-state index contributed by atoms with van der Waals surface area (Å²) in [7, 11) is 1.23. The van der Waals surface area contributed by atoms with Crippen molar-refractivity contribution >= 4 is 41.8 Å². The first-order chi connectivity index (χ1) is 25.4. The van der Waals surface area contributed by atoms with E-state index >= 15 is 0 Å². The van der Waals surface area contributed by atoms with E-state index in [1.54, 1.807) is 24.5 Å². The number of amides is 3. The maximum atomic E-state index is 11.9. The molecule has 0 aromatic carbocycles. The summed E-state index contributed by atoms with van der Waals surface area (Å²) < 4.78 is 9.40. The van der Waals surface area contributed by atoms with Crippen molar-refractivity contribution in [2.24, 2.45) is 5.73 Å². The summed E-state index contributed by atoms with van der Waals surface area (Å²) in [6.07, 6.45) is 6.36. The number of rotatable bonds is 13. The molecule has 4 heterocycles. The molecule has 4 rings (SSSR count). The van der Waals surface area contributed by atoms with Crippen LogP contribution >= 0.6 is 0 Å². The molecule has 0 aliphatic heterocycles. The average molecular weight is 735 g/mol. The minimum Gasteiger partial charge on any atom is -0.477 e. The second kappa shape index (κ2) is 22.4. The Balaban J connectivity index is 0.000000297. The van der Waals surface area contributed by atoms with Gasteiger partial charge in [-0.2, -0.15) is 0 Å². The zero-order chi connectivity index (χ0) is 39.2. The normalized spacial score (nSPS) is 9.70. The summed E-state index contributed by atoms with van der Waals surface area (Å²) in [6.45, 7) is 1.10. The fraction of sp³-hybridized carbons (Fsp3) is 0.182. The first-order valence-corrected chi connectivity index (χ1v) is 15.1. The summed E-state index contributed by atoms with van der Waals surface area (Å²) >= 11 is 0. The summed E-state index contributed by atoms with van der Waals surface area (Å²) in [4.78, 5) is 92.3. The highest BCUT2D eigenvalue weighted by atomic mass is 16.5. The van der Waals surface area contributed by atoms with Gasteiger partial charge in [0.25, 0.3) is 11.8 Å². The molecule has 53 heavy (non-hydrogen) atoms. The van der Waals surface area contributed by atoms with Crippen molar-refractivity contribution in [1.29, 1.82) is 0 Å². The number of carbonyl (C=O) groups is 7. The second-order valence-electron chi connectivity index (χ2n) is 9.86. The third kappa shape index (κ3) is 15.4. The molecular weight excluding hydrogens is 700 g/mol. The van der Waals surface area contributed by atoms with Gasteiger partial charge in [0.1, 0.15) is 23.7 Å². The van der Waals surface area contributed by atoms with Gasteiger partial charge in [-0.1, -0.05) is 6.07 Å². The lowest BCUT2D eigenvalue weighted by Crippen LogP contribution is -2.35. The number of nitrogens with zero attached hydrogens (tertiary/aromatic N) is 4. The predicted molar refractivity (Wildman–Crippen MR) is 181 cm³/mol. The highest BCUT2D eigenvalue weighted by Gasteiger charge is 2.12. The Morgan fingerprint density at radius 1 is 0.660 bits per heavy atom. The van der Waals surface area contributed by atoms with E-state index in [1.807, 2.05) is 0 Å². The van der Waals surface area contributed by atoms with Gasteiger partial charge in [-0.3, -0.25) is 14.6 Å². The number of carbonyl (C=O) groups excluding carboxylic acids is 4. The molecule has 0 spiro atoms. The standard InChI is InChI=1S/C16H16N4O5.C9H11N3O3.C8H7NO4/c21-14(12-3-5-18-13(8-12)15(22)23)19-6-7-20-16(24)25-10-11-2-1-4-17-9-11;10-2-4-12-8(13)6-1-3-11-7(5-6)9(14)15;1-13-8(12)5-2-3-9-6(4-5)7(10)11/h1-5,8-9H,6-7,10H2,(H,19,21)(H,20,24)(H,22,23);1,3,5H,2,4,10H2,(H,12,13)(H,14,15);2-4H,1H3,(H,10,11). The lowest BCUT2D eigenvalue weighted by molar-refractivity contribution is 0.0598. The van der Waals surface area contributed by atoms with Gasteiger partial charge in [-0.05, 0) is 42.5 Å². The van der Waals surface area contributed by atoms with Crippen LogP contribution in [0.5, 0.6) is 0 Å². The zero-order valence-corrected chi connectivity index (χ0v) is 27.9. The number of alkyl carbamates (subject to hydrolysis) is 1. The molecule has 0 unspecified atom stereocenters. The topological polar surface area (TPSA) is 312 Å². The minimum absolute atomic E-state index is 0.0982. The van der Waals surface area contributed by atoms with E-state index in [9.17, 15) is 33.6 Å². The van der Waals surface area contributed by atoms with Gasteiger partial charge >= 0.3 is 30.0 Å². The van der Waals surface area contributed by atoms with Crippen LogP contribution in [-0.2, 0) is 16.1 Å². The maximum Gasteiger partial charge on any atom is 0.407 e. The van der Waals surface area contributed by atoms with Crippen molar-refractivity contribution in [3.8, 4) is 0 Å². The highest BCUT2D eigenvalue weighted by Crippen LogP contribution is 2.04. The first-order valence-electron chi connectivity index (χ1n) is 15.1. The number of esters is 1. The van der Waals surface area contributed by atoms with Crippen LogP contribution < -0.4 is 21.7 Å². The molecule has 3 amide bonds. The Kier molecular flexibility index (Phi) is 17.7. The van der Waals surface area contributed by atoms with Gasteiger partial charge in [0.15, 0.2) is 0 Å². The van der Waals surface area contributed by atoms with Gasteiger partial charge in [0.2, 0.25) is 0 Å². The molecule has 20 heteroatoms. The lowest BCUT2D eigenvalue weighted by atomic mass is 10.2. The van der Waals surface area contributed by atoms with E-state index in [-0.39, 0.29) is 59.4 Å². The summed E-state index contributed by atoms with van der Waals surface area (Å²) in [5.41, 5.74) is 6.03. The Bertz CT molecular complexity index is 1890. The third-order valence-electron chi connectivity index (χ3n) is 6.09. The van der Waals surface area contributed by atoms with Crippen molar-refractivity contribution in [1.82, 2.24) is 35.9 Å². The van der Waals surface area contributed by atoms with Crippen molar-refractivity contribution in [3.05, 3.63) is 119 Å². The van der Waals surface area contributed by atoms with Crippen LogP contribution in [0.15, 0.2) is 79.5 Å². The molecule has 0 saturated heterocycles. The molecule has 4 aromatic rings. The zero-order valence-electron chi connectivity index (χ0n) is 27.9. The Morgan fingerprint density at radius 2 is 1.13 bits per heavy atom. The second-order valence-corrected chi connectivity index (χ2v) is 9.86. The number of ether oxygens (including phenoxy) is 2. The highest BCUT2D eigenvalue weighted by molar-refractivity contribution is 5.97. The summed E-state index contributed by atoms with van der Waals surface area (Å²) in [5.74, 6) is -4.95. The van der Waals surface area contributed by atoms with Gasteiger partial charge in [-0.25, -0.2) is 38.9 Å². The Morgan fingerprint density at radius 3 is 1.58 bits per heavy atom. The monoisotopic (exact) mass is 734 g/mol. The molecule has 0 bridgehead atoms. The van der Waals surface area contributed by atoms with Crippen LogP contribution in [-0.4, -0.2) is 110 Å². The molecule has 0 radical (unpaired) electrons. The maximum absolute atomic E-state index is 11.9. The number of hydrogen-bond acceptors (Lipinski definition) is 14. The molecule has 0 aliphatic rings. The van der Waals surface area contributed by atoms with E-state index < -0.39 is 35.9 Å². The van der Waals surface area contributed by atoms with E-state index in [0.717, 1.165) is 11.6 Å².